The van der Waals surface area contributed by atoms with E-state index in [9.17, 15) is 0 Å². The molecule has 0 aliphatic carbocycles. The van der Waals surface area contributed by atoms with E-state index >= 15 is 0 Å². The first-order valence-electron chi connectivity index (χ1n) is 5.36. The number of nitrogens with zero attached hydrogens (tertiary/aromatic N) is 2. The number of hydrogen-bond donors (Lipinski definition) is 0. The maximum Gasteiger partial charge on any atom is 0.307 e. The zero-order valence-electron chi connectivity index (χ0n) is 8.13. The van der Waals surface area contributed by atoms with Crippen LogP contribution in [0.3, 0.4) is 0 Å². The van der Waals surface area contributed by atoms with Crippen molar-refractivity contribution in [3.8, 4) is 0 Å². The molecule has 2 fully saturated rings. The molecule has 0 aromatic rings. The fraction of sp³-hybridized carbons (Fsp3) is 1.00. The fourth-order valence-corrected chi connectivity index (χ4v) is 2.46. The average Bonchev–Trinajstić information content (AvgIpc) is 2.77. The maximum absolute atomic E-state index is 2.63. The van der Waals surface area contributed by atoms with E-state index in [1.165, 1.54) is 51.9 Å². The van der Waals surface area contributed by atoms with Crippen LogP contribution < -0.4 is 0 Å². The second kappa shape index (κ2) is 3.80. The molecule has 2 saturated heterocycles. The molecule has 2 rings (SSSR count). The Hall–Kier alpha value is -0.0151. The minimum atomic E-state index is 0.718. The molecule has 2 heterocycles. The number of rotatable bonds is 2. The van der Waals surface area contributed by atoms with Crippen LogP contribution in [0.25, 0.3) is 0 Å². The van der Waals surface area contributed by atoms with Gasteiger partial charge in [0.25, 0.3) is 0 Å². The van der Waals surface area contributed by atoms with Gasteiger partial charge >= 0.3 is 6.98 Å². The van der Waals surface area contributed by atoms with Crippen molar-refractivity contribution in [1.29, 1.82) is 0 Å². The van der Waals surface area contributed by atoms with Gasteiger partial charge in [0.05, 0.1) is 0 Å². The van der Waals surface area contributed by atoms with Crippen LogP contribution in [0.15, 0.2) is 0 Å². The van der Waals surface area contributed by atoms with Gasteiger partial charge in [0, 0.05) is 0 Å². The molecular weight excluding hydrogens is 147 g/mol. The predicted octanol–water partition coefficient (Wildman–Crippen LogP) is 1.30. The Balaban J connectivity index is 1.84. The van der Waals surface area contributed by atoms with Gasteiger partial charge in [-0.25, -0.2) is 0 Å². The van der Waals surface area contributed by atoms with Gasteiger partial charge in [-0.1, -0.05) is 6.82 Å². The van der Waals surface area contributed by atoms with Crippen LogP contribution in [-0.4, -0.2) is 42.8 Å². The van der Waals surface area contributed by atoms with Gasteiger partial charge in [-0.3, -0.25) is 0 Å². The van der Waals surface area contributed by atoms with Gasteiger partial charge < -0.3 is 9.62 Å². The first-order chi connectivity index (χ1) is 5.88. The predicted molar refractivity (Wildman–Crippen MR) is 53.2 cm³/mol. The smallest absolute Gasteiger partial charge is 0.307 e. The second-order valence-corrected chi connectivity index (χ2v) is 4.12. The van der Waals surface area contributed by atoms with E-state index in [0.717, 1.165) is 6.98 Å². The molecule has 0 aromatic carbocycles. The summed E-state index contributed by atoms with van der Waals surface area (Å²) in [6.45, 7) is 8.41. The molecule has 0 N–H and O–H groups in total. The van der Waals surface area contributed by atoms with E-state index in [1.807, 2.05) is 0 Å². The minimum absolute atomic E-state index is 0.718. The van der Waals surface area contributed by atoms with Gasteiger partial charge in [0.1, 0.15) is 0 Å². The summed E-state index contributed by atoms with van der Waals surface area (Å²) in [6, 6.07) is 0. The van der Waals surface area contributed by atoms with E-state index in [-0.39, 0.29) is 0 Å². The molecule has 0 amide bonds. The Morgan fingerprint density at radius 1 is 0.750 bits per heavy atom. The molecule has 2 aliphatic rings. The zero-order valence-corrected chi connectivity index (χ0v) is 8.13. The molecule has 2 nitrogen and oxygen atoms in total. The quantitative estimate of drug-likeness (QED) is 0.570. The minimum Gasteiger partial charge on any atom is -0.328 e. The van der Waals surface area contributed by atoms with Crippen LogP contribution in [0, 0.1) is 0 Å². The standard InChI is InChI=1S/C9H19BN2/c1-10(11-6-2-3-7-11)12-8-4-5-9-12/h2-9H2,1H3. The van der Waals surface area contributed by atoms with Crippen molar-refractivity contribution in [2.24, 2.45) is 0 Å². The lowest BCUT2D eigenvalue weighted by Crippen LogP contribution is -2.48. The number of hydrogen-bond acceptors (Lipinski definition) is 2. The lowest BCUT2D eigenvalue weighted by molar-refractivity contribution is 0.430. The largest absolute Gasteiger partial charge is 0.328 e. The summed E-state index contributed by atoms with van der Waals surface area (Å²) in [5.41, 5.74) is 0. The summed E-state index contributed by atoms with van der Waals surface area (Å²) in [4.78, 5) is 5.26. The SMILES string of the molecule is CB(N1CCCC1)N1CCCC1. The van der Waals surface area contributed by atoms with Crippen LogP contribution in [0.5, 0.6) is 0 Å². The maximum atomic E-state index is 2.63. The highest BCUT2D eigenvalue weighted by molar-refractivity contribution is 6.51. The van der Waals surface area contributed by atoms with Crippen LogP contribution in [0.4, 0.5) is 0 Å². The van der Waals surface area contributed by atoms with E-state index in [1.54, 1.807) is 0 Å². The van der Waals surface area contributed by atoms with Crippen molar-refractivity contribution < 1.29 is 0 Å². The molecule has 0 atom stereocenters. The summed E-state index contributed by atoms with van der Waals surface area (Å²) < 4.78 is 0. The fourth-order valence-electron chi connectivity index (χ4n) is 2.46. The lowest BCUT2D eigenvalue weighted by atomic mass is 9.75. The van der Waals surface area contributed by atoms with Gasteiger partial charge in [0.15, 0.2) is 0 Å². The van der Waals surface area contributed by atoms with Gasteiger partial charge in [0.2, 0.25) is 0 Å². The molecule has 12 heavy (non-hydrogen) atoms. The summed E-state index contributed by atoms with van der Waals surface area (Å²) in [6.07, 6.45) is 5.66. The average molecular weight is 166 g/mol. The first-order valence-corrected chi connectivity index (χ1v) is 5.36. The van der Waals surface area contributed by atoms with Crippen molar-refractivity contribution in [3.05, 3.63) is 0 Å². The molecule has 0 radical (unpaired) electrons. The van der Waals surface area contributed by atoms with E-state index in [4.69, 9.17) is 0 Å². The van der Waals surface area contributed by atoms with E-state index in [2.05, 4.69) is 16.4 Å². The highest BCUT2D eigenvalue weighted by atomic mass is 15.2. The van der Waals surface area contributed by atoms with E-state index in [0.29, 0.717) is 0 Å². The Labute approximate surface area is 76.0 Å². The third-order valence-electron chi connectivity index (χ3n) is 3.34. The Morgan fingerprint density at radius 3 is 1.42 bits per heavy atom. The summed E-state index contributed by atoms with van der Waals surface area (Å²) in [7, 11) is 0. The van der Waals surface area contributed by atoms with E-state index < -0.39 is 0 Å². The van der Waals surface area contributed by atoms with Gasteiger partial charge in [-0.05, 0) is 51.9 Å². The second-order valence-electron chi connectivity index (χ2n) is 4.12. The topological polar surface area (TPSA) is 6.48 Å². The Kier molecular flexibility index (Phi) is 2.71. The Morgan fingerprint density at radius 2 is 1.08 bits per heavy atom. The highest BCUT2D eigenvalue weighted by Crippen LogP contribution is 2.16. The highest BCUT2D eigenvalue weighted by Gasteiger charge is 2.28. The molecule has 3 heteroatoms. The summed E-state index contributed by atoms with van der Waals surface area (Å²) >= 11 is 0. The van der Waals surface area contributed by atoms with Crippen LogP contribution >= 0.6 is 0 Å². The summed E-state index contributed by atoms with van der Waals surface area (Å²) in [5, 5.41) is 0. The van der Waals surface area contributed by atoms with Crippen LogP contribution in [0.2, 0.25) is 6.82 Å². The van der Waals surface area contributed by atoms with Gasteiger partial charge in [-0.2, -0.15) is 0 Å². The van der Waals surface area contributed by atoms with Crippen molar-refractivity contribution in [2.45, 2.75) is 32.5 Å². The third-order valence-corrected chi connectivity index (χ3v) is 3.34. The van der Waals surface area contributed by atoms with Gasteiger partial charge in [-0.15, -0.1) is 0 Å². The monoisotopic (exact) mass is 166 g/mol. The first kappa shape index (κ1) is 8.58. The Bertz CT molecular complexity index is 123. The molecule has 0 bridgehead atoms. The molecule has 0 spiro atoms. The molecule has 0 saturated carbocycles. The van der Waals surface area contributed by atoms with Crippen molar-refractivity contribution in [3.63, 3.8) is 0 Å². The molecular formula is C9H19BN2. The third kappa shape index (κ3) is 1.67. The normalized spacial score (nSPS) is 26.8. The van der Waals surface area contributed by atoms with Crippen molar-refractivity contribution >= 4 is 6.98 Å². The lowest BCUT2D eigenvalue weighted by Gasteiger charge is -2.28. The summed E-state index contributed by atoms with van der Waals surface area (Å²) in [5.74, 6) is 0. The van der Waals surface area contributed by atoms with Crippen LogP contribution in [0.1, 0.15) is 25.7 Å². The zero-order chi connectivity index (χ0) is 8.39. The molecule has 0 aromatic heterocycles. The van der Waals surface area contributed by atoms with Crippen LogP contribution in [-0.2, 0) is 0 Å². The molecule has 2 aliphatic heterocycles. The van der Waals surface area contributed by atoms with Crippen molar-refractivity contribution in [1.82, 2.24) is 9.62 Å². The molecule has 68 valence electrons. The molecule has 0 unspecified atom stereocenters. The van der Waals surface area contributed by atoms with Crippen molar-refractivity contribution in [2.75, 3.05) is 26.2 Å².